The van der Waals surface area contributed by atoms with Crippen LogP contribution in [0, 0.1) is 5.92 Å². The molecule has 130 valence electrons. The number of Topliss-reactive ketones (excluding diaryl/α,β-unsaturated/α-hetero) is 1. The number of nitrogens with zero attached hydrogens (tertiary/aromatic N) is 3. The van der Waals surface area contributed by atoms with E-state index in [4.69, 9.17) is 0 Å². The summed E-state index contributed by atoms with van der Waals surface area (Å²) in [4.78, 5) is 24.8. The van der Waals surface area contributed by atoms with Crippen molar-refractivity contribution >= 4 is 34.8 Å². The summed E-state index contributed by atoms with van der Waals surface area (Å²) >= 11 is 2.94. The Bertz CT molecular complexity index is 695. The number of hydrogen-bond donors (Lipinski definition) is 1. The highest BCUT2D eigenvalue weighted by molar-refractivity contribution is 7.99. The summed E-state index contributed by atoms with van der Waals surface area (Å²) in [5.41, 5.74) is 0. The van der Waals surface area contributed by atoms with E-state index in [1.54, 1.807) is 11.3 Å². The average Bonchev–Trinajstić information content (AvgIpc) is 3.18. The minimum absolute atomic E-state index is 0.0277. The van der Waals surface area contributed by atoms with Crippen LogP contribution in [0.15, 0.2) is 22.7 Å². The molecule has 0 aliphatic heterocycles. The van der Waals surface area contributed by atoms with Crippen molar-refractivity contribution in [2.45, 2.75) is 45.4 Å². The zero-order valence-electron chi connectivity index (χ0n) is 14.3. The van der Waals surface area contributed by atoms with Gasteiger partial charge in [0.25, 0.3) is 0 Å². The molecule has 1 amide bonds. The zero-order valence-corrected chi connectivity index (χ0v) is 15.9. The van der Waals surface area contributed by atoms with Crippen LogP contribution in [0.2, 0.25) is 0 Å². The lowest BCUT2D eigenvalue weighted by Gasteiger charge is -2.19. The molecule has 0 spiro atoms. The monoisotopic (exact) mass is 366 g/mol. The van der Waals surface area contributed by atoms with Gasteiger partial charge in [0.05, 0.1) is 16.7 Å². The molecule has 1 atom stereocenters. The summed E-state index contributed by atoms with van der Waals surface area (Å²) in [6.07, 6.45) is 0. The van der Waals surface area contributed by atoms with Gasteiger partial charge in [-0.15, -0.1) is 21.5 Å². The third-order valence-corrected chi connectivity index (χ3v) is 5.36. The van der Waals surface area contributed by atoms with E-state index in [2.05, 4.69) is 15.5 Å². The molecule has 0 aliphatic rings. The predicted octanol–water partition coefficient (Wildman–Crippen LogP) is 2.85. The second-order valence-corrected chi connectivity index (χ2v) is 7.61. The lowest BCUT2D eigenvalue weighted by molar-refractivity contribution is -0.126. The maximum absolute atomic E-state index is 12.1. The van der Waals surface area contributed by atoms with Gasteiger partial charge in [0.1, 0.15) is 0 Å². The number of ketones is 1. The molecule has 2 heterocycles. The molecule has 2 aromatic heterocycles. The van der Waals surface area contributed by atoms with E-state index in [-0.39, 0.29) is 23.4 Å². The molecular formula is C16H22N4O2S2. The molecular weight excluding hydrogens is 344 g/mol. The van der Waals surface area contributed by atoms with Gasteiger partial charge in [-0.2, -0.15) is 0 Å². The molecule has 8 heteroatoms. The smallest absolute Gasteiger partial charge is 0.231 e. The number of amides is 1. The van der Waals surface area contributed by atoms with E-state index in [0.29, 0.717) is 5.16 Å². The fourth-order valence-corrected chi connectivity index (χ4v) is 3.88. The Hall–Kier alpha value is -1.67. The second-order valence-electron chi connectivity index (χ2n) is 5.72. The highest BCUT2D eigenvalue weighted by Crippen LogP contribution is 2.27. The molecule has 0 aliphatic carbocycles. The summed E-state index contributed by atoms with van der Waals surface area (Å²) in [5.74, 6) is 0.900. The first-order valence-electron chi connectivity index (χ1n) is 7.83. The summed E-state index contributed by atoms with van der Waals surface area (Å²) < 4.78 is 1.99. The van der Waals surface area contributed by atoms with Gasteiger partial charge in [-0.05, 0) is 31.2 Å². The molecule has 2 rings (SSSR count). The predicted molar refractivity (Wildman–Crippen MR) is 97.2 cm³/mol. The van der Waals surface area contributed by atoms with Crippen LogP contribution in [0.25, 0.3) is 10.7 Å². The van der Waals surface area contributed by atoms with E-state index in [0.717, 1.165) is 17.2 Å². The third-order valence-electron chi connectivity index (χ3n) is 3.53. The highest BCUT2D eigenvalue weighted by Gasteiger charge is 2.21. The van der Waals surface area contributed by atoms with Crippen LogP contribution in [0.3, 0.4) is 0 Å². The molecule has 6 nitrogen and oxygen atoms in total. The van der Waals surface area contributed by atoms with Crippen LogP contribution < -0.4 is 5.32 Å². The molecule has 0 saturated heterocycles. The Morgan fingerprint density at radius 3 is 2.67 bits per heavy atom. The number of thioether (sulfide) groups is 1. The number of carbonyl (C=O) groups excluding carboxylic acids is 2. The summed E-state index contributed by atoms with van der Waals surface area (Å²) in [6.45, 7) is 8.08. The normalized spacial score (nSPS) is 12.4. The van der Waals surface area contributed by atoms with Gasteiger partial charge in [-0.1, -0.05) is 31.7 Å². The van der Waals surface area contributed by atoms with Crippen molar-refractivity contribution in [3.05, 3.63) is 17.5 Å². The number of thiophene rings is 1. The molecule has 0 saturated carbocycles. The minimum Gasteiger partial charge on any atom is -0.345 e. The largest absolute Gasteiger partial charge is 0.345 e. The van der Waals surface area contributed by atoms with Gasteiger partial charge in [0.2, 0.25) is 5.91 Å². The molecule has 24 heavy (non-hydrogen) atoms. The first-order chi connectivity index (χ1) is 11.4. The highest BCUT2D eigenvalue weighted by atomic mass is 32.2. The Kier molecular flexibility index (Phi) is 6.56. The van der Waals surface area contributed by atoms with Crippen molar-refractivity contribution in [1.29, 1.82) is 0 Å². The maximum Gasteiger partial charge on any atom is 0.231 e. The first kappa shape index (κ1) is 18.7. The maximum atomic E-state index is 12.1. The fourth-order valence-electron chi connectivity index (χ4n) is 2.35. The quantitative estimate of drug-likeness (QED) is 0.727. The first-order valence-corrected chi connectivity index (χ1v) is 9.70. The van der Waals surface area contributed by atoms with Gasteiger partial charge < -0.3 is 9.88 Å². The van der Waals surface area contributed by atoms with Crippen molar-refractivity contribution in [1.82, 2.24) is 20.1 Å². The number of carbonyl (C=O) groups is 2. The van der Waals surface area contributed by atoms with Crippen LogP contribution >= 0.6 is 23.1 Å². The van der Waals surface area contributed by atoms with Crippen LogP contribution in [0.4, 0.5) is 0 Å². The number of aromatic nitrogens is 3. The standard InChI is InChI=1S/C16H22N4O2S2/c1-5-20-15(12-7-6-8-23-12)18-19-16(20)24-9-13(22)17-14(10(2)3)11(4)21/h6-8,10,14H,5,9H2,1-4H3,(H,17,22)/t14-/m1/s1. The van der Waals surface area contributed by atoms with Crippen LogP contribution in [0.1, 0.15) is 27.7 Å². The van der Waals surface area contributed by atoms with Gasteiger partial charge in [0, 0.05) is 6.54 Å². The third kappa shape index (κ3) is 4.45. The zero-order chi connectivity index (χ0) is 17.7. The lowest BCUT2D eigenvalue weighted by atomic mass is 10.0. The SMILES string of the molecule is CCn1c(SCC(=O)N[C@@H](C(C)=O)C(C)C)nnc1-c1cccs1. The Balaban J connectivity index is 2.02. The molecule has 1 N–H and O–H groups in total. The Morgan fingerprint density at radius 2 is 2.12 bits per heavy atom. The van der Waals surface area contributed by atoms with Crippen molar-refractivity contribution in [3.63, 3.8) is 0 Å². The molecule has 2 aromatic rings. The van der Waals surface area contributed by atoms with Crippen molar-refractivity contribution < 1.29 is 9.59 Å². The fraction of sp³-hybridized carbons (Fsp3) is 0.500. The van der Waals surface area contributed by atoms with Crippen LogP contribution in [0.5, 0.6) is 0 Å². The van der Waals surface area contributed by atoms with E-state index >= 15 is 0 Å². The molecule has 0 radical (unpaired) electrons. The van der Waals surface area contributed by atoms with Crippen LogP contribution in [-0.4, -0.2) is 38.2 Å². The van der Waals surface area contributed by atoms with Crippen molar-refractivity contribution in [2.75, 3.05) is 5.75 Å². The Morgan fingerprint density at radius 1 is 1.38 bits per heavy atom. The molecule has 0 unspecified atom stereocenters. The second kappa shape index (κ2) is 8.43. The van der Waals surface area contributed by atoms with Gasteiger partial charge in [-0.25, -0.2) is 0 Å². The van der Waals surface area contributed by atoms with Gasteiger partial charge in [-0.3, -0.25) is 9.59 Å². The van der Waals surface area contributed by atoms with E-state index in [9.17, 15) is 9.59 Å². The number of hydrogen-bond acceptors (Lipinski definition) is 6. The van der Waals surface area contributed by atoms with E-state index in [1.165, 1.54) is 18.7 Å². The van der Waals surface area contributed by atoms with Crippen molar-refractivity contribution in [2.24, 2.45) is 5.92 Å². The lowest BCUT2D eigenvalue weighted by Crippen LogP contribution is -2.44. The molecule has 0 fully saturated rings. The van der Waals surface area contributed by atoms with Gasteiger partial charge >= 0.3 is 0 Å². The topological polar surface area (TPSA) is 76.9 Å². The number of rotatable bonds is 8. The number of nitrogens with one attached hydrogen (secondary N) is 1. The van der Waals surface area contributed by atoms with Gasteiger partial charge in [0.15, 0.2) is 16.8 Å². The molecule has 0 aromatic carbocycles. The minimum atomic E-state index is -0.441. The van der Waals surface area contributed by atoms with Crippen molar-refractivity contribution in [3.8, 4) is 10.7 Å². The summed E-state index contributed by atoms with van der Waals surface area (Å²) in [6, 6.07) is 3.54. The summed E-state index contributed by atoms with van der Waals surface area (Å²) in [5, 5.41) is 13.9. The molecule has 0 bridgehead atoms. The van der Waals surface area contributed by atoms with E-state index in [1.807, 2.05) is 42.9 Å². The van der Waals surface area contributed by atoms with Crippen LogP contribution in [-0.2, 0) is 16.1 Å². The van der Waals surface area contributed by atoms with E-state index < -0.39 is 6.04 Å². The summed E-state index contributed by atoms with van der Waals surface area (Å²) in [7, 11) is 0. The average molecular weight is 367 g/mol. The Labute approximate surface area is 150 Å².